The number of anilines is 1. The largest absolute Gasteiger partial charge is 0.365 e. The normalized spacial score (nSPS) is 32.6. The van der Waals surface area contributed by atoms with Gasteiger partial charge in [-0.1, -0.05) is 18.8 Å². The molecule has 0 bridgehead atoms. The van der Waals surface area contributed by atoms with Crippen LogP contribution in [-0.2, 0) is 14.2 Å². The summed E-state index contributed by atoms with van der Waals surface area (Å²) < 4.78 is 20.0. The molecule has 0 radical (unpaired) electrons. The van der Waals surface area contributed by atoms with Gasteiger partial charge in [0.25, 0.3) is 0 Å². The topological polar surface area (TPSA) is 83.3 Å². The Balaban J connectivity index is 1.49. The molecule has 4 heterocycles. The molecule has 1 aliphatic carbocycles. The fraction of sp³-hybridized carbons (Fsp3) is 0.632. The fourth-order valence-electron chi connectivity index (χ4n) is 4.34. The number of terminal acetylenes is 1. The van der Waals surface area contributed by atoms with Crippen LogP contribution >= 0.6 is 0 Å². The van der Waals surface area contributed by atoms with Gasteiger partial charge < -0.3 is 19.5 Å². The van der Waals surface area contributed by atoms with Gasteiger partial charge in [-0.2, -0.15) is 0 Å². The lowest BCUT2D eigenvalue weighted by molar-refractivity contribution is -0.190. The van der Waals surface area contributed by atoms with E-state index in [1.165, 1.54) is 12.8 Å². The second kappa shape index (κ2) is 6.16. The average Bonchev–Trinajstić information content (AvgIpc) is 3.38. The highest BCUT2D eigenvalue weighted by atomic mass is 16.8. The Hall–Kier alpha value is -2.21. The van der Waals surface area contributed by atoms with Crippen LogP contribution < -0.4 is 5.32 Å². The molecule has 5 rings (SSSR count). The number of hydrogen-bond donors (Lipinski definition) is 1. The summed E-state index contributed by atoms with van der Waals surface area (Å²) in [6, 6.07) is 0.443. The third-order valence-corrected chi connectivity index (χ3v) is 5.52. The van der Waals surface area contributed by atoms with Crippen molar-refractivity contribution < 1.29 is 14.2 Å². The van der Waals surface area contributed by atoms with E-state index >= 15 is 0 Å². The van der Waals surface area contributed by atoms with Gasteiger partial charge in [0.1, 0.15) is 24.6 Å². The van der Waals surface area contributed by atoms with E-state index in [1.54, 1.807) is 12.7 Å². The smallest absolute Gasteiger partial charge is 0.167 e. The van der Waals surface area contributed by atoms with Crippen LogP contribution in [0.15, 0.2) is 12.7 Å². The summed E-state index contributed by atoms with van der Waals surface area (Å²) in [6.45, 7) is 3.77. The molecule has 3 aliphatic rings. The maximum Gasteiger partial charge on any atom is 0.167 e. The number of ether oxygens (including phenoxy) is 3. The van der Waals surface area contributed by atoms with Gasteiger partial charge >= 0.3 is 0 Å². The van der Waals surface area contributed by atoms with Crippen LogP contribution in [0, 0.1) is 12.3 Å². The number of hydrogen-bond acceptors (Lipinski definition) is 7. The SMILES string of the molecule is C#C[C@H]1O[C@H](n2cnc3c(NC4CCCC4)ncnc32)[C@@H]2OC(C)(C)O[C@@H]21. The molecule has 27 heavy (non-hydrogen) atoms. The van der Waals surface area contributed by atoms with E-state index in [1.807, 2.05) is 18.4 Å². The highest BCUT2D eigenvalue weighted by Crippen LogP contribution is 2.43. The van der Waals surface area contributed by atoms with E-state index in [2.05, 4.69) is 26.2 Å². The highest BCUT2D eigenvalue weighted by molar-refractivity contribution is 5.82. The Morgan fingerprint density at radius 1 is 1.19 bits per heavy atom. The van der Waals surface area contributed by atoms with Crippen molar-refractivity contribution in [3.05, 3.63) is 12.7 Å². The van der Waals surface area contributed by atoms with Gasteiger partial charge in [0, 0.05) is 6.04 Å². The molecule has 2 aromatic rings. The van der Waals surface area contributed by atoms with Gasteiger partial charge in [0.2, 0.25) is 0 Å². The second-order valence-corrected chi connectivity index (χ2v) is 7.85. The monoisotopic (exact) mass is 369 g/mol. The lowest BCUT2D eigenvalue weighted by Gasteiger charge is -2.23. The molecule has 8 heteroatoms. The molecule has 2 saturated heterocycles. The van der Waals surface area contributed by atoms with Crippen LogP contribution in [0.1, 0.15) is 45.8 Å². The Labute approximate surface area is 157 Å². The van der Waals surface area contributed by atoms with Crippen molar-refractivity contribution in [2.24, 2.45) is 0 Å². The molecule has 3 fully saturated rings. The van der Waals surface area contributed by atoms with Crippen molar-refractivity contribution in [2.75, 3.05) is 5.32 Å². The lowest BCUT2D eigenvalue weighted by atomic mass is 10.1. The molecule has 0 aromatic carbocycles. The number of imidazole rings is 1. The van der Waals surface area contributed by atoms with Gasteiger partial charge in [-0.15, -0.1) is 6.42 Å². The van der Waals surface area contributed by atoms with Gasteiger partial charge in [-0.3, -0.25) is 4.57 Å². The van der Waals surface area contributed by atoms with Crippen molar-refractivity contribution in [1.29, 1.82) is 0 Å². The first-order chi connectivity index (χ1) is 13.1. The van der Waals surface area contributed by atoms with Crippen molar-refractivity contribution in [3.8, 4) is 12.3 Å². The van der Waals surface area contributed by atoms with Crippen molar-refractivity contribution >= 4 is 17.0 Å². The van der Waals surface area contributed by atoms with Gasteiger partial charge in [-0.25, -0.2) is 15.0 Å². The van der Waals surface area contributed by atoms with E-state index in [4.69, 9.17) is 20.6 Å². The zero-order chi connectivity index (χ0) is 18.6. The Morgan fingerprint density at radius 3 is 2.74 bits per heavy atom. The first-order valence-electron chi connectivity index (χ1n) is 9.47. The molecule has 142 valence electrons. The second-order valence-electron chi connectivity index (χ2n) is 7.85. The molecule has 0 amide bonds. The van der Waals surface area contributed by atoms with Crippen molar-refractivity contribution in [3.63, 3.8) is 0 Å². The summed E-state index contributed by atoms with van der Waals surface area (Å²) in [5.41, 5.74) is 1.42. The molecule has 0 unspecified atom stereocenters. The molecule has 0 spiro atoms. The molecule has 4 atom stereocenters. The standard InChI is InChI=1S/C19H23N5O3/c1-4-12-14-15(27-19(2,3)26-14)18(25-12)24-10-22-13-16(20-9-21-17(13)24)23-11-7-5-6-8-11/h1,9-12,14-15,18H,5-8H2,2-3H3,(H,20,21,23)/t12-,14-,15-,18+/m1/s1. The maximum atomic E-state index is 6.08. The summed E-state index contributed by atoms with van der Waals surface area (Å²) in [5, 5.41) is 3.51. The third kappa shape index (κ3) is 2.78. The lowest BCUT2D eigenvalue weighted by Crippen LogP contribution is -2.28. The van der Waals surface area contributed by atoms with Gasteiger partial charge in [-0.05, 0) is 26.7 Å². The number of nitrogens with zero attached hydrogens (tertiary/aromatic N) is 4. The molecule has 2 aliphatic heterocycles. The Bertz CT molecular complexity index is 898. The number of nitrogens with one attached hydrogen (secondary N) is 1. The minimum absolute atomic E-state index is 0.314. The summed E-state index contributed by atoms with van der Waals surface area (Å²) in [4.78, 5) is 13.4. The Kier molecular flexibility index (Phi) is 3.86. The maximum absolute atomic E-state index is 6.08. The van der Waals surface area contributed by atoms with Gasteiger partial charge in [0.15, 0.2) is 29.0 Å². The molecule has 8 nitrogen and oxygen atoms in total. The van der Waals surface area contributed by atoms with Gasteiger partial charge in [0.05, 0.1) is 6.33 Å². The van der Waals surface area contributed by atoms with Crippen LogP contribution in [0.25, 0.3) is 11.2 Å². The zero-order valence-corrected chi connectivity index (χ0v) is 15.5. The van der Waals surface area contributed by atoms with E-state index in [-0.39, 0.29) is 12.2 Å². The fourth-order valence-corrected chi connectivity index (χ4v) is 4.34. The minimum atomic E-state index is -0.701. The van der Waals surface area contributed by atoms with Crippen LogP contribution in [-0.4, -0.2) is 49.7 Å². The van der Waals surface area contributed by atoms with Crippen LogP contribution in [0.4, 0.5) is 5.82 Å². The number of aromatic nitrogens is 4. The first-order valence-corrected chi connectivity index (χ1v) is 9.47. The molecule has 1 saturated carbocycles. The average molecular weight is 369 g/mol. The van der Waals surface area contributed by atoms with Crippen LogP contribution in [0.3, 0.4) is 0 Å². The quantitative estimate of drug-likeness (QED) is 0.831. The van der Waals surface area contributed by atoms with Crippen molar-refractivity contribution in [1.82, 2.24) is 19.5 Å². The van der Waals surface area contributed by atoms with Crippen LogP contribution in [0.5, 0.6) is 0 Å². The third-order valence-electron chi connectivity index (χ3n) is 5.52. The van der Waals surface area contributed by atoms with Crippen LogP contribution in [0.2, 0.25) is 0 Å². The molecular formula is C19H23N5O3. The first kappa shape index (κ1) is 16.9. The summed E-state index contributed by atoms with van der Waals surface area (Å²) >= 11 is 0. The Morgan fingerprint density at radius 2 is 1.96 bits per heavy atom. The summed E-state index contributed by atoms with van der Waals surface area (Å²) in [6.07, 6.45) is 12.2. The van der Waals surface area contributed by atoms with E-state index in [9.17, 15) is 0 Å². The molecule has 2 aromatic heterocycles. The van der Waals surface area contributed by atoms with E-state index in [0.717, 1.165) is 24.2 Å². The van der Waals surface area contributed by atoms with E-state index in [0.29, 0.717) is 11.7 Å². The number of fused-ring (bicyclic) bond motifs is 2. The highest BCUT2D eigenvalue weighted by Gasteiger charge is 2.55. The van der Waals surface area contributed by atoms with E-state index < -0.39 is 18.1 Å². The minimum Gasteiger partial charge on any atom is -0.365 e. The summed E-state index contributed by atoms with van der Waals surface area (Å²) in [5.74, 6) is 2.73. The molecular weight excluding hydrogens is 346 g/mol. The molecule has 1 N–H and O–H groups in total. The summed E-state index contributed by atoms with van der Waals surface area (Å²) in [7, 11) is 0. The zero-order valence-electron chi connectivity index (χ0n) is 15.5. The van der Waals surface area contributed by atoms with Crippen molar-refractivity contribution in [2.45, 2.75) is 75.9 Å². The number of rotatable bonds is 3. The predicted molar refractivity (Wildman–Crippen MR) is 97.8 cm³/mol. The predicted octanol–water partition coefficient (Wildman–Crippen LogP) is 2.23.